The standard InChI is InChI=1S/C16H26N2O2/c1-4-9-18-10-11-20-15(12-17-2)16(18)13-5-7-14(19-3)8-6-13/h5-8,15-17H,4,9-12H2,1-3H3. The van der Waals surface area contributed by atoms with Gasteiger partial charge < -0.3 is 14.8 Å². The summed E-state index contributed by atoms with van der Waals surface area (Å²) in [6, 6.07) is 8.70. The maximum Gasteiger partial charge on any atom is 0.118 e. The highest BCUT2D eigenvalue weighted by Crippen LogP contribution is 2.30. The van der Waals surface area contributed by atoms with Crippen LogP contribution in [0.25, 0.3) is 0 Å². The largest absolute Gasteiger partial charge is 0.497 e. The van der Waals surface area contributed by atoms with Gasteiger partial charge in [0, 0.05) is 13.1 Å². The van der Waals surface area contributed by atoms with E-state index in [1.54, 1.807) is 7.11 Å². The second-order valence-corrected chi connectivity index (χ2v) is 5.22. The topological polar surface area (TPSA) is 33.7 Å². The minimum atomic E-state index is 0.202. The third-order valence-electron chi connectivity index (χ3n) is 3.83. The van der Waals surface area contributed by atoms with Crippen molar-refractivity contribution < 1.29 is 9.47 Å². The normalized spacial score (nSPS) is 23.8. The Morgan fingerprint density at radius 3 is 2.70 bits per heavy atom. The van der Waals surface area contributed by atoms with Crippen molar-refractivity contribution in [3.05, 3.63) is 29.8 Å². The van der Waals surface area contributed by atoms with Crippen molar-refractivity contribution in [3.8, 4) is 5.75 Å². The van der Waals surface area contributed by atoms with Crippen molar-refractivity contribution in [3.63, 3.8) is 0 Å². The van der Waals surface area contributed by atoms with Crippen LogP contribution in [-0.2, 0) is 4.74 Å². The van der Waals surface area contributed by atoms with Crippen molar-refractivity contribution in [2.45, 2.75) is 25.5 Å². The van der Waals surface area contributed by atoms with Crippen LogP contribution in [0.4, 0.5) is 0 Å². The molecule has 1 aliphatic heterocycles. The SMILES string of the molecule is CCCN1CCOC(CNC)C1c1ccc(OC)cc1. The number of rotatable bonds is 6. The fourth-order valence-electron chi connectivity index (χ4n) is 2.92. The predicted octanol–water partition coefficient (Wildman–Crippen LogP) is 2.07. The molecule has 0 bridgehead atoms. The van der Waals surface area contributed by atoms with Gasteiger partial charge in [-0.15, -0.1) is 0 Å². The number of nitrogens with one attached hydrogen (secondary N) is 1. The van der Waals surface area contributed by atoms with Crippen molar-refractivity contribution in [2.24, 2.45) is 0 Å². The number of ether oxygens (including phenoxy) is 2. The van der Waals surface area contributed by atoms with E-state index in [1.807, 2.05) is 19.2 Å². The fourth-order valence-corrected chi connectivity index (χ4v) is 2.92. The van der Waals surface area contributed by atoms with Gasteiger partial charge in [0.25, 0.3) is 0 Å². The highest BCUT2D eigenvalue weighted by molar-refractivity contribution is 5.30. The zero-order valence-corrected chi connectivity index (χ0v) is 12.8. The lowest BCUT2D eigenvalue weighted by atomic mass is 9.97. The van der Waals surface area contributed by atoms with Gasteiger partial charge in [-0.05, 0) is 37.7 Å². The lowest BCUT2D eigenvalue weighted by Crippen LogP contribution is -2.48. The van der Waals surface area contributed by atoms with Gasteiger partial charge in [-0.3, -0.25) is 4.90 Å². The van der Waals surface area contributed by atoms with Crippen LogP contribution in [0.3, 0.4) is 0 Å². The van der Waals surface area contributed by atoms with Crippen LogP contribution in [0.2, 0.25) is 0 Å². The maximum atomic E-state index is 5.98. The molecule has 1 aliphatic rings. The Morgan fingerprint density at radius 1 is 1.35 bits per heavy atom. The number of hydrogen-bond donors (Lipinski definition) is 1. The van der Waals surface area contributed by atoms with Crippen LogP contribution in [0.15, 0.2) is 24.3 Å². The first-order valence-electron chi connectivity index (χ1n) is 7.44. The summed E-state index contributed by atoms with van der Waals surface area (Å²) in [5.74, 6) is 0.901. The third-order valence-corrected chi connectivity index (χ3v) is 3.83. The fraction of sp³-hybridized carbons (Fsp3) is 0.625. The molecule has 1 saturated heterocycles. The van der Waals surface area contributed by atoms with E-state index in [9.17, 15) is 0 Å². The molecule has 2 atom stereocenters. The highest BCUT2D eigenvalue weighted by Gasteiger charge is 2.32. The summed E-state index contributed by atoms with van der Waals surface area (Å²) in [5.41, 5.74) is 1.30. The zero-order chi connectivity index (χ0) is 14.4. The Balaban J connectivity index is 2.22. The van der Waals surface area contributed by atoms with E-state index in [0.717, 1.165) is 32.0 Å². The number of methoxy groups -OCH3 is 1. The van der Waals surface area contributed by atoms with Gasteiger partial charge in [0.2, 0.25) is 0 Å². The van der Waals surface area contributed by atoms with Gasteiger partial charge in [-0.25, -0.2) is 0 Å². The van der Waals surface area contributed by atoms with E-state index < -0.39 is 0 Å². The smallest absolute Gasteiger partial charge is 0.118 e. The van der Waals surface area contributed by atoms with Gasteiger partial charge in [0.05, 0.1) is 25.9 Å². The summed E-state index contributed by atoms with van der Waals surface area (Å²) >= 11 is 0. The molecule has 0 saturated carbocycles. The van der Waals surface area contributed by atoms with Crippen molar-refractivity contribution in [1.29, 1.82) is 0 Å². The number of morpholine rings is 1. The summed E-state index contributed by atoms with van der Waals surface area (Å²) < 4.78 is 11.2. The molecule has 1 aromatic rings. The van der Waals surface area contributed by atoms with Gasteiger partial charge in [0.1, 0.15) is 5.75 Å². The molecule has 112 valence electrons. The molecule has 0 radical (unpaired) electrons. The monoisotopic (exact) mass is 278 g/mol. The van der Waals surface area contributed by atoms with Crippen molar-refractivity contribution in [2.75, 3.05) is 40.4 Å². The van der Waals surface area contributed by atoms with Gasteiger partial charge in [-0.2, -0.15) is 0 Å². The zero-order valence-electron chi connectivity index (χ0n) is 12.8. The third kappa shape index (κ3) is 3.51. The van der Waals surface area contributed by atoms with Crippen LogP contribution >= 0.6 is 0 Å². The lowest BCUT2D eigenvalue weighted by molar-refractivity contribution is -0.0704. The van der Waals surface area contributed by atoms with Crippen LogP contribution in [0, 0.1) is 0 Å². The van der Waals surface area contributed by atoms with Crippen LogP contribution in [-0.4, -0.2) is 51.4 Å². The van der Waals surface area contributed by atoms with Gasteiger partial charge >= 0.3 is 0 Å². The van der Waals surface area contributed by atoms with E-state index >= 15 is 0 Å². The van der Waals surface area contributed by atoms with Crippen molar-refractivity contribution >= 4 is 0 Å². The van der Waals surface area contributed by atoms with E-state index in [-0.39, 0.29) is 6.10 Å². The number of nitrogens with zero attached hydrogens (tertiary/aromatic N) is 1. The van der Waals surface area contributed by atoms with Gasteiger partial charge in [0.15, 0.2) is 0 Å². The maximum absolute atomic E-state index is 5.98. The lowest BCUT2D eigenvalue weighted by Gasteiger charge is -2.41. The minimum Gasteiger partial charge on any atom is -0.497 e. The first kappa shape index (κ1) is 15.3. The second kappa shape index (κ2) is 7.62. The van der Waals surface area contributed by atoms with Crippen LogP contribution in [0.1, 0.15) is 24.9 Å². The molecule has 4 nitrogen and oxygen atoms in total. The Labute approximate surface area is 122 Å². The van der Waals surface area contributed by atoms with E-state index in [0.29, 0.717) is 6.04 Å². The highest BCUT2D eigenvalue weighted by atomic mass is 16.5. The van der Waals surface area contributed by atoms with Gasteiger partial charge in [-0.1, -0.05) is 19.1 Å². The Morgan fingerprint density at radius 2 is 2.10 bits per heavy atom. The van der Waals surface area contributed by atoms with Crippen LogP contribution < -0.4 is 10.1 Å². The van der Waals surface area contributed by atoms with E-state index in [1.165, 1.54) is 12.0 Å². The molecule has 1 heterocycles. The second-order valence-electron chi connectivity index (χ2n) is 5.22. The number of likely N-dealkylation sites (N-methyl/N-ethyl adjacent to an activating group) is 1. The summed E-state index contributed by atoms with van der Waals surface area (Å²) in [4.78, 5) is 2.54. The van der Waals surface area contributed by atoms with Crippen molar-refractivity contribution in [1.82, 2.24) is 10.2 Å². The summed E-state index contributed by atoms with van der Waals surface area (Å²) in [6.07, 6.45) is 1.37. The molecule has 0 spiro atoms. The Kier molecular flexibility index (Phi) is 5.83. The molecule has 1 aromatic carbocycles. The summed E-state index contributed by atoms with van der Waals surface area (Å²) in [5, 5.41) is 3.25. The summed E-state index contributed by atoms with van der Waals surface area (Å²) in [6.45, 7) is 6.04. The number of hydrogen-bond acceptors (Lipinski definition) is 4. The van der Waals surface area contributed by atoms with Crippen LogP contribution in [0.5, 0.6) is 5.75 Å². The molecule has 4 heteroatoms. The van der Waals surface area contributed by atoms with E-state index in [4.69, 9.17) is 9.47 Å². The number of benzene rings is 1. The first-order chi connectivity index (χ1) is 9.80. The molecule has 0 aromatic heterocycles. The predicted molar refractivity (Wildman–Crippen MR) is 81.3 cm³/mol. The molecule has 0 aliphatic carbocycles. The molecule has 20 heavy (non-hydrogen) atoms. The average molecular weight is 278 g/mol. The Bertz CT molecular complexity index is 376. The van der Waals surface area contributed by atoms with E-state index in [2.05, 4.69) is 29.3 Å². The summed E-state index contributed by atoms with van der Waals surface area (Å²) in [7, 11) is 3.68. The molecule has 2 rings (SSSR count). The molecular formula is C16H26N2O2. The Hall–Kier alpha value is -1.10. The minimum absolute atomic E-state index is 0.202. The molecule has 2 unspecified atom stereocenters. The average Bonchev–Trinajstić information content (AvgIpc) is 2.48. The molecule has 0 amide bonds. The first-order valence-corrected chi connectivity index (χ1v) is 7.44. The quantitative estimate of drug-likeness (QED) is 0.863. The molecule has 1 fully saturated rings. The molecular weight excluding hydrogens is 252 g/mol. The molecule has 1 N–H and O–H groups in total.